The first kappa shape index (κ1) is 20.6. The molecule has 0 spiro atoms. The molecule has 1 amide bonds. The molecule has 0 N–H and O–H groups in total. The summed E-state index contributed by atoms with van der Waals surface area (Å²) in [5, 5.41) is 0. The Bertz CT molecular complexity index is 550. The third-order valence-corrected chi connectivity index (χ3v) is 6.27. The lowest BCUT2D eigenvalue weighted by molar-refractivity contribution is -0.138. The van der Waals surface area contributed by atoms with Gasteiger partial charge in [0.15, 0.2) is 0 Å². The van der Waals surface area contributed by atoms with Crippen molar-refractivity contribution in [3.8, 4) is 0 Å². The number of rotatable bonds is 5. The smallest absolute Gasteiger partial charge is 0.283 e. The average molecular weight is 384 g/mol. The molecule has 0 aromatic carbocycles. The number of halogens is 2. The number of nitrogens with zero attached hydrogens (tertiary/aromatic N) is 3. The normalized spacial score (nSPS) is 27.5. The summed E-state index contributed by atoms with van der Waals surface area (Å²) in [6, 6.07) is -0.764. The second-order valence-corrected chi connectivity index (χ2v) is 9.40. The molecule has 27 heavy (non-hydrogen) atoms. The standard InChI is InChI=1S/C21H35F2N3O/c1-15(2)11-24-8-7-19(21(22,23)14-24)26-12-18(13-26)17-5-9-25(10-6-17)20(27)16(3)4/h7-8,15-19H,5-6,9-14H2,1-4H3. The van der Waals surface area contributed by atoms with E-state index in [1.165, 1.54) is 0 Å². The summed E-state index contributed by atoms with van der Waals surface area (Å²) in [6.45, 7) is 11.7. The average Bonchev–Trinajstić information content (AvgIpc) is 2.54. The van der Waals surface area contributed by atoms with E-state index in [2.05, 4.69) is 13.8 Å². The fourth-order valence-corrected chi connectivity index (χ4v) is 4.77. The van der Waals surface area contributed by atoms with Crippen LogP contribution in [0.4, 0.5) is 8.78 Å². The molecule has 4 nitrogen and oxygen atoms in total. The van der Waals surface area contributed by atoms with Crippen molar-refractivity contribution in [1.29, 1.82) is 0 Å². The maximum atomic E-state index is 14.6. The molecule has 0 aliphatic carbocycles. The second-order valence-electron chi connectivity index (χ2n) is 9.40. The fourth-order valence-electron chi connectivity index (χ4n) is 4.77. The van der Waals surface area contributed by atoms with Gasteiger partial charge in [0.05, 0.1) is 12.6 Å². The van der Waals surface area contributed by atoms with Crippen molar-refractivity contribution in [1.82, 2.24) is 14.7 Å². The molecular weight excluding hydrogens is 348 g/mol. The minimum absolute atomic E-state index is 0.0522. The molecule has 3 aliphatic rings. The van der Waals surface area contributed by atoms with Crippen LogP contribution in [0.3, 0.4) is 0 Å². The molecule has 1 atom stereocenters. The van der Waals surface area contributed by atoms with Gasteiger partial charge in [0, 0.05) is 38.6 Å². The van der Waals surface area contributed by atoms with Crippen molar-refractivity contribution < 1.29 is 13.6 Å². The van der Waals surface area contributed by atoms with E-state index in [1.807, 2.05) is 29.8 Å². The summed E-state index contributed by atoms with van der Waals surface area (Å²) >= 11 is 0. The zero-order valence-corrected chi connectivity index (χ0v) is 17.2. The Hall–Kier alpha value is -1.17. The molecule has 0 saturated carbocycles. The molecule has 2 saturated heterocycles. The molecule has 0 radical (unpaired) electrons. The van der Waals surface area contributed by atoms with Crippen LogP contribution in [0.5, 0.6) is 0 Å². The van der Waals surface area contributed by atoms with Crippen molar-refractivity contribution in [2.45, 2.75) is 52.5 Å². The molecule has 154 valence electrons. The lowest BCUT2D eigenvalue weighted by atomic mass is 9.78. The highest BCUT2D eigenvalue weighted by molar-refractivity contribution is 5.78. The number of hydrogen-bond acceptors (Lipinski definition) is 3. The first-order valence-electron chi connectivity index (χ1n) is 10.5. The molecule has 2 fully saturated rings. The summed E-state index contributed by atoms with van der Waals surface area (Å²) in [5.74, 6) is -0.959. The van der Waals surface area contributed by atoms with Gasteiger partial charge in [0.25, 0.3) is 5.92 Å². The molecule has 3 aliphatic heterocycles. The van der Waals surface area contributed by atoms with E-state index in [0.29, 0.717) is 24.3 Å². The number of likely N-dealkylation sites (tertiary alicyclic amines) is 2. The summed E-state index contributed by atoms with van der Waals surface area (Å²) in [4.78, 5) is 17.8. The van der Waals surface area contributed by atoms with Crippen LogP contribution >= 0.6 is 0 Å². The van der Waals surface area contributed by atoms with Crippen molar-refractivity contribution in [3.63, 3.8) is 0 Å². The number of alkyl halides is 2. The van der Waals surface area contributed by atoms with Crippen LogP contribution in [-0.4, -0.2) is 71.8 Å². The number of hydrogen-bond donors (Lipinski definition) is 0. The predicted octanol–water partition coefficient (Wildman–Crippen LogP) is 3.30. The number of amides is 1. The van der Waals surface area contributed by atoms with E-state index in [9.17, 15) is 13.6 Å². The van der Waals surface area contributed by atoms with E-state index in [0.717, 1.165) is 39.0 Å². The van der Waals surface area contributed by atoms with Crippen molar-refractivity contribution in [2.24, 2.45) is 23.7 Å². The lowest BCUT2D eigenvalue weighted by Gasteiger charge is -2.51. The third kappa shape index (κ3) is 4.64. The first-order valence-corrected chi connectivity index (χ1v) is 10.5. The van der Waals surface area contributed by atoms with Gasteiger partial charge in [-0.25, -0.2) is 8.78 Å². The highest BCUT2D eigenvalue weighted by Gasteiger charge is 2.49. The SMILES string of the molecule is CC(C)CN1C=CC(N2CC(C3CCN(C(=O)C(C)C)CC3)C2)C(F)(F)C1. The van der Waals surface area contributed by atoms with Gasteiger partial charge < -0.3 is 9.80 Å². The molecule has 6 heteroatoms. The van der Waals surface area contributed by atoms with Crippen molar-refractivity contribution >= 4 is 5.91 Å². The van der Waals surface area contributed by atoms with Crippen LogP contribution in [0.2, 0.25) is 0 Å². The van der Waals surface area contributed by atoms with E-state index in [-0.39, 0.29) is 18.4 Å². The number of piperidine rings is 1. The third-order valence-electron chi connectivity index (χ3n) is 6.27. The van der Waals surface area contributed by atoms with Crippen LogP contribution in [-0.2, 0) is 4.79 Å². The Morgan fingerprint density at radius 2 is 1.74 bits per heavy atom. The summed E-state index contributed by atoms with van der Waals surface area (Å²) in [5.41, 5.74) is 0. The summed E-state index contributed by atoms with van der Waals surface area (Å²) < 4.78 is 29.3. The molecule has 3 heterocycles. The minimum atomic E-state index is -2.69. The van der Waals surface area contributed by atoms with Crippen LogP contribution < -0.4 is 0 Å². The van der Waals surface area contributed by atoms with E-state index < -0.39 is 12.0 Å². The fraction of sp³-hybridized carbons (Fsp3) is 0.857. The Morgan fingerprint density at radius 1 is 1.11 bits per heavy atom. The predicted molar refractivity (Wildman–Crippen MR) is 103 cm³/mol. The van der Waals surface area contributed by atoms with Gasteiger partial charge in [-0.15, -0.1) is 0 Å². The summed E-state index contributed by atoms with van der Waals surface area (Å²) in [6.07, 6.45) is 5.59. The van der Waals surface area contributed by atoms with Gasteiger partial charge in [0.2, 0.25) is 5.91 Å². The monoisotopic (exact) mass is 383 g/mol. The van der Waals surface area contributed by atoms with E-state index in [4.69, 9.17) is 0 Å². The molecular formula is C21H35F2N3O. The molecule has 3 rings (SSSR count). The molecule has 0 aromatic heterocycles. The van der Waals surface area contributed by atoms with Crippen LogP contribution in [0.1, 0.15) is 40.5 Å². The zero-order chi connectivity index (χ0) is 19.8. The molecule has 1 unspecified atom stereocenters. The van der Waals surface area contributed by atoms with Crippen LogP contribution in [0.15, 0.2) is 12.3 Å². The second kappa shape index (κ2) is 8.06. The minimum Gasteiger partial charge on any atom is -0.371 e. The maximum absolute atomic E-state index is 14.6. The topological polar surface area (TPSA) is 26.8 Å². The Morgan fingerprint density at radius 3 is 2.26 bits per heavy atom. The number of carbonyl (C=O) groups is 1. The summed E-state index contributed by atoms with van der Waals surface area (Å²) in [7, 11) is 0. The van der Waals surface area contributed by atoms with Gasteiger partial charge in [-0.1, -0.05) is 27.7 Å². The van der Waals surface area contributed by atoms with Gasteiger partial charge in [0.1, 0.15) is 0 Å². The van der Waals surface area contributed by atoms with E-state index >= 15 is 0 Å². The quantitative estimate of drug-likeness (QED) is 0.729. The van der Waals surface area contributed by atoms with Gasteiger partial charge in [-0.3, -0.25) is 9.69 Å². The molecule has 0 aromatic rings. The van der Waals surface area contributed by atoms with Crippen LogP contribution in [0, 0.1) is 23.7 Å². The zero-order valence-electron chi connectivity index (χ0n) is 17.2. The largest absolute Gasteiger partial charge is 0.371 e. The van der Waals surface area contributed by atoms with Gasteiger partial charge >= 0.3 is 0 Å². The van der Waals surface area contributed by atoms with Gasteiger partial charge in [-0.05, 0) is 42.9 Å². The Kier molecular flexibility index (Phi) is 6.14. The highest BCUT2D eigenvalue weighted by atomic mass is 19.3. The maximum Gasteiger partial charge on any atom is 0.283 e. The first-order chi connectivity index (χ1) is 12.7. The lowest BCUT2D eigenvalue weighted by Crippen LogP contribution is -2.62. The Balaban J connectivity index is 1.48. The molecule has 0 bridgehead atoms. The highest BCUT2D eigenvalue weighted by Crippen LogP contribution is 2.38. The number of carbonyl (C=O) groups excluding carboxylic acids is 1. The van der Waals surface area contributed by atoms with E-state index in [1.54, 1.807) is 11.0 Å². The van der Waals surface area contributed by atoms with Crippen molar-refractivity contribution in [2.75, 3.05) is 39.3 Å². The Labute approximate surface area is 162 Å². The van der Waals surface area contributed by atoms with Gasteiger partial charge in [-0.2, -0.15) is 0 Å². The van der Waals surface area contributed by atoms with Crippen molar-refractivity contribution in [3.05, 3.63) is 12.3 Å². The van der Waals surface area contributed by atoms with Crippen LogP contribution in [0.25, 0.3) is 0 Å².